The van der Waals surface area contributed by atoms with Crippen molar-refractivity contribution in [3.63, 3.8) is 0 Å². The topological polar surface area (TPSA) is 41.3 Å². The van der Waals surface area contributed by atoms with Gasteiger partial charge in [0.1, 0.15) is 0 Å². The van der Waals surface area contributed by atoms with Gasteiger partial charge in [-0.1, -0.05) is 6.42 Å². The molecule has 0 aliphatic carbocycles. The van der Waals surface area contributed by atoms with Crippen molar-refractivity contribution in [1.82, 2.24) is 10.5 Å². The Morgan fingerprint density at radius 1 is 1.11 bits per heavy atom. The normalized spacial score (nSPS) is 21.0. The molecular weight excluding hydrogens is 138 g/mol. The van der Waals surface area contributed by atoms with Crippen LogP contribution in [0.25, 0.3) is 0 Å². The van der Waals surface area contributed by atoms with Crippen LogP contribution in [0.3, 0.4) is 0 Å². The minimum atomic E-state index is 0. The third-order valence-electron chi connectivity index (χ3n) is 1.54. The number of hydrogen-bond acceptors (Lipinski definition) is 3. The second-order valence-electron chi connectivity index (χ2n) is 2.18. The SMILES string of the molecule is Cl.NNN1CCCCC1. The highest BCUT2D eigenvalue weighted by Gasteiger charge is 2.05. The average Bonchev–Trinajstić information content (AvgIpc) is 1.90. The van der Waals surface area contributed by atoms with E-state index in [2.05, 4.69) is 5.53 Å². The van der Waals surface area contributed by atoms with Gasteiger partial charge in [0, 0.05) is 13.1 Å². The summed E-state index contributed by atoms with van der Waals surface area (Å²) in [4.78, 5) is 0. The maximum Gasteiger partial charge on any atom is 0.0144 e. The highest BCUT2D eigenvalue weighted by molar-refractivity contribution is 5.85. The lowest BCUT2D eigenvalue weighted by Gasteiger charge is -2.24. The Bertz CT molecular complexity index is 63.2. The molecule has 0 atom stereocenters. The third kappa shape index (κ3) is 3.01. The van der Waals surface area contributed by atoms with Gasteiger partial charge in [0.25, 0.3) is 0 Å². The van der Waals surface area contributed by atoms with Crippen molar-refractivity contribution < 1.29 is 0 Å². The van der Waals surface area contributed by atoms with E-state index >= 15 is 0 Å². The van der Waals surface area contributed by atoms with E-state index in [1.165, 1.54) is 19.3 Å². The standard InChI is InChI=1S/C5H13N3.ClH/c6-7-8-4-2-1-3-5-8;/h7H,1-6H2;1H. The molecule has 1 heterocycles. The second kappa shape index (κ2) is 4.99. The van der Waals surface area contributed by atoms with E-state index in [1.54, 1.807) is 0 Å². The van der Waals surface area contributed by atoms with Gasteiger partial charge in [-0.15, -0.1) is 12.4 Å². The molecule has 1 fully saturated rings. The number of nitrogens with two attached hydrogens (primary N) is 1. The molecule has 56 valence electrons. The molecular formula is C5H14ClN3. The van der Waals surface area contributed by atoms with Crippen molar-refractivity contribution in [2.75, 3.05) is 13.1 Å². The maximum absolute atomic E-state index is 5.18. The molecule has 0 aromatic carbocycles. The van der Waals surface area contributed by atoms with Crippen LogP contribution in [0.1, 0.15) is 19.3 Å². The van der Waals surface area contributed by atoms with E-state index in [1.807, 2.05) is 5.01 Å². The molecule has 0 unspecified atom stereocenters. The fraction of sp³-hybridized carbons (Fsp3) is 1.00. The van der Waals surface area contributed by atoms with E-state index < -0.39 is 0 Å². The summed E-state index contributed by atoms with van der Waals surface area (Å²) in [5.41, 5.74) is 2.64. The number of piperidine rings is 1. The van der Waals surface area contributed by atoms with Gasteiger partial charge in [-0.05, 0) is 12.8 Å². The number of nitrogens with zero attached hydrogens (tertiary/aromatic N) is 1. The molecule has 3 nitrogen and oxygen atoms in total. The van der Waals surface area contributed by atoms with Crippen molar-refractivity contribution >= 4 is 12.4 Å². The lowest BCUT2D eigenvalue weighted by Crippen LogP contribution is -2.45. The van der Waals surface area contributed by atoms with Crippen LogP contribution in [0, 0.1) is 0 Å². The molecule has 1 saturated heterocycles. The van der Waals surface area contributed by atoms with E-state index in [-0.39, 0.29) is 12.4 Å². The number of halogens is 1. The second-order valence-corrected chi connectivity index (χ2v) is 2.18. The molecule has 9 heavy (non-hydrogen) atoms. The first-order valence-corrected chi connectivity index (χ1v) is 3.14. The van der Waals surface area contributed by atoms with Crippen LogP contribution >= 0.6 is 12.4 Å². The van der Waals surface area contributed by atoms with Crippen LogP contribution in [0.15, 0.2) is 0 Å². The summed E-state index contributed by atoms with van der Waals surface area (Å²) in [6, 6.07) is 0. The molecule has 1 aliphatic heterocycles. The minimum absolute atomic E-state index is 0. The minimum Gasteiger partial charge on any atom is -0.258 e. The van der Waals surface area contributed by atoms with Crippen molar-refractivity contribution in [1.29, 1.82) is 0 Å². The Morgan fingerprint density at radius 2 is 1.67 bits per heavy atom. The molecule has 0 saturated carbocycles. The monoisotopic (exact) mass is 151 g/mol. The zero-order valence-corrected chi connectivity index (χ0v) is 6.28. The zero-order chi connectivity index (χ0) is 5.82. The largest absolute Gasteiger partial charge is 0.258 e. The van der Waals surface area contributed by atoms with Gasteiger partial charge in [-0.3, -0.25) is 5.84 Å². The molecule has 0 bridgehead atoms. The fourth-order valence-corrected chi connectivity index (χ4v) is 1.02. The summed E-state index contributed by atoms with van der Waals surface area (Å²) in [6.07, 6.45) is 3.92. The summed E-state index contributed by atoms with van der Waals surface area (Å²) in [5, 5.41) is 2.05. The fourth-order valence-electron chi connectivity index (χ4n) is 1.02. The van der Waals surface area contributed by atoms with Crippen LogP contribution in [0.4, 0.5) is 0 Å². The predicted molar refractivity (Wildman–Crippen MR) is 40.0 cm³/mol. The van der Waals surface area contributed by atoms with Crippen LogP contribution in [0.2, 0.25) is 0 Å². The highest BCUT2D eigenvalue weighted by atomic mass is 35.5. The molecule has 0 spiro atoms. The first kappa shape index (κ1) is 9.17. The molecule has 1 rings (SSSR count). The molecule has 3 N–H and O–H groups in total. The number of rotatable bonds is 1. The molecule has 0 aromatic heterocycles. The first-order valence-electron chi connectivity index (χ1n) is 3.14. The van der Waals surface area contributed by atoms with Crippen molar-refractivity contribution in [2.24, 2.45) is 5.84 Å². The lowest BCUT2D eigenvalue weighted by atomic mass is 10.2. The van der Waals surface area contributed by atoms with Gasteiger partial charge >= 0.3 is 0 Å². The Kier molecular flexibility index (Phi) is 5.09. The van der Waals surface area contributed by atoms with Crippen molar-refractivity contribution in [2.45, 2.75) is 19.3 Å². The number of hydrazine groups is 2. The van der Waals surface area contributed by atoms with E-state index in [0.29, 0.717) is 0 Å². The predicted octanol–water partition coefficient (Wildman–Crippen LogP) is 0.272. The summed E-state index contributed by atoms with van der Waals surface area (Å²) >= 11 is 0. The average molecular weight is 152 g/mol. The van der Waals surface area contributed by atoms with Gasteiger partial charge in [-0.2, -0.15) is 5.53 Å². The van der Waals surface area contributed by atoms with E-state index in [4.69, 9.17) is 5.84 Å². The van der Waals surface area contributed by atoms with Crippen molar-refractivity contribution in [3.05, 3.63) is 0 Å². The third-order valence-corrected chi connectivity index (χ3v) is 1.54. The molecule has 4 heteroatoms. The summed E-state index contributed by atoms with van der Waals surface area (Å²) < 4.78 is 0. The maximum atomic E-state index is 5.18. The van der Waals surface area contributed by atoms with Gasteiger partial charge in [0.05, 0.1) is 0 Å². The van der Waals surface area contributed by atoms with Crippen LogP contribution < -0.4 is 11.4 Å². The van der Waals surface area contributed by atoms with Gasteiger partial charge in [0.15, 0.2) is 0 Å². The van der Waals surface area contributed by atoms with E-state index in [0.717, 1.165) is 13.1 Å². The Labute approximate surface area is 61.9 Å². The zero-order valence-electron chi connectivity index (χ0n) is 5.47. The summed E-state index contributed by atoms with van der Waals surface area (Å²) in [7, 11) is 0. The summed E-state index contributed by atoms with van der Waals surface area (Å²) in [5.74, 6) is 5.18. The number of nitrogens with one attached hydrogen (secondary N) is 1. The lowest BCUT2D eigenvalue weighted by molar-refractivity contribution is 0.156. The Balaban J connectivity index is 0.000000640. The highest BCUT2D eigenvalue weighted by Crippen LogP contribution is 2.04. The van der Waals surface area contributed by atoms with Crippen LogP contribution in [0.5, 0.6) is 0 Å². The van der Waals surface area contributed by atoms with E-state index in [9.17, 15) is 0 Å². The molecule has 0 radical (unpaired) electrons. The number of hydrogen-bond donors (Lipinski definition) is 2. The molecule has 0 aromatic rings. The Hall–Kier alpha value is 0.170. The molecule has 1 aliphatic rings. The summed E-state index contributed by atoms with van der Waals surface area (Å²) in [6.45, 7) is 2.22. The van der Waals surface area contributed by atoms with Gasteiger partial charge < -0.3 is 0 Å². The smallest absolute Gasteiger partial charge is 0.0144 e. The van der Waals surface area contributed by atoms with Crippen LogP contribution in [-0.2, 0) is 0 Å². The molecule has 0 amide bonds. The van der Waals surface area contributed by atoms with Gasteiger partial charge in [-0.25, -0.2) is 5.01 Å². The van der Waals surface area contributed by atoms with Gasteiger partial charge in [0.2, 0.25) is 0 Å². The first-order chi connectivity index (χ1) is 3.93. The van der Waals surface area contributed by atoms with Crippen LogP contribution in [-0.4, -0.2) is 18.1 Å². The van der Waals surface area contributed by atoms with Crippen molar-refractivity contribution in [3.8, 4) is 0 Å². The quantitative estimate of drug-likeness (QED) is 0.418. The Morgan fingerprint density at radius 3 is 2.00 bits per heavy atom.